The standard InChI is InChI=1S/C14H27N3O3/c1-5-14(6-2,12(18)19)15-13(20)17-9-7-8-11(10-17)16(3)4/h11H,5-10H2,1-4H3,(H,15,20)(H,18,19). The number of piperidine rings is 1. The number of hydrogen-bond donors (Lipinski definition) is 2. The maximum absolute atomic E-state index is 12.3. The Balaban J connectivity index is 2.72. The Bertz CT molecular complexity index is 354. The van der Waals surface area contributed by atoms with Crippen molar-refractivity contribution >= 4 is 12.0 Å². The number of amides is 2. The summed E-state index contributed by atoms with van der Waals surface area (Å²) in [5.41, 5.74) is -1.15. The Kier molecular flexibility index (Phi) is 5.80. The molecule has 1 heterocycles. The summed E-state index contributed by atoms with van der Waals surface area (Å²) in [6, 6.07) is 0.0830. The molecule has 1 rings (SSSR count). The molecule has 0 spiro atoms. The van der Waals surface area contributed by atoms with E-state index >= 15 is 0 Å². The number of urea groups is 1. The van der Waals surface area contributed by atoms with Crippen LogP contribution in [0.25, 0.3) is 0 Å². The van der Waals surface area contributed by atoms with Gasteiger partial charge in [-0.25, -0.2) is 9.59 Å². The minimum Gasteiger partial charge on any atom is -0.480 e. The van der Waals surface area contributed by atoms with Crippen LogP contribution in [-0.4, -0.2) is 65.7 Å². The number of nitrogens with one attached hydrogen (secondary N) is 1. The summed E-state index contributed by atoms with van der Waals surface area (Å²) in [5.74, 6) is -0.961. The molecule has 0 saturated carbocycles. The van der Waals surface area contributed by atoms with Gasteiger partial charge in [-0.1, -0.05) is 13.8 Å². The van der Waals surface area contributed by atoms with Crippen LogP contribution in [-0.2, 0) is 4.79 Å². The summed E-state index contributed by atoms with van der Waals surface area (Å²) in [6.45, 7) is 4.93. The van der Waals surface area contributed by atoms with E-state index in [4.69, 9.17) is 0 Å². The molecule has 2 amide bonds. The fraction of sp³-hybridized carbons (Fsp3) is 0.857. The molecule has 6 nitrogen and oxygen atoms in total. The average Bonchev–Trinajstić information content (AvgIpc) is 2.44. The Morgan fingerprint density at radius 3 is 2.40 bits per heavy atom. The van der Waals surface area contributed by atoms with Crippen LogP contribution in [0.2, 0.25) is 0 Å². The van der Waals surface area contributed by atoms with Crippen LogP contribution in [0.3, 0.4) is 0 Å². The SMILES string of the molecule is CCC(CC)(NC(=O)N1CCCC(N(C)C)C1)C(=O)O. The number of nitrogens with zero attached hydrogens (tertiary/aromatic N) is 2. The minimum absolute atomic E-state index is 0.261. The fourth-order valence-electron chi connectivity index (χ4n) is 2.63. The van der Waals surface area contributed by atoms with Crippen molar-refractivity contribution in [2.24, 2.45) is 0 Å². The largest absolute Gasteiger partial charge is 0.480 e. The summed E-state index contributed by atoms with van der Waals surface area (Å²) in [4.78, 5) is 27.6. The van der Waals surface area contributed by atoms with Gasteiger partial charge in [-0.2, -0.15) is 0 Å². The minimum atomic E-state index is -1.15. The van der Waals surface area contributed by atoms with Crippen molar-refractivity contribution in [3.63, 3.8) is 0 Å². The van der Waals surface area contributed by atoms with Crippen molar-refractivity contribution < 1.29 is 14.7 Å². The van der Waals surface area contributed by atoms with Gasteiger partial charge in [0.15, 0.2) is 0 Å². The molecular weight excluding hydrogens is 258 g/mol. The molecule has 0 aromatic heterocycles. The van der Waals surface area contributed by atoms with Crippen LogP contribution in [0.1, 0.15) is 39.5 Å². The zero-order valence-electron chi connectivity index (χ0n) is 13.0. The highest BCUT2D eigenvalue weighted by molar-refractivity contribution is 5.86. The monoisotopic (exact) mass is 285 g/mol. The van der Waals surface area contributed by atoms with Crippen molar-refractivity contribution in [3.05, 3.63) is 0 Å². The number of carboxylic acid groups (broad SMARTS) is 1. The number of likely N-dealkylation sites (tertiary alicyclic amines) is 1. The number of carbonyl (C=O) groups is 2. The van der Waals surface area contributed by atoms with E-state index in [1.807, 2.05) is 14.1 Å². The van der Waals surface area contributed by atoms with E-state index < -0.39 is 11.5 Å². The van der Waals surface area contributed by atoms with Crippen LogP contribution in [0.4, 0.5) is 4.79 Å². The lowest BCUT2D eigenvalue weighted by atomic mass is 9.93. The fourth-order valence-corrected chi connectivity index (χ4v) is 2.63. The summed E-state index contributed by atoms with van der Waals surface area (Å²) in [5, 5.41) is 12.1. The molecule has 0 aliphatic carbocycles. The Labute approximate surface area is 121 Å². The second-order valence-electron chi connectivity index (χ2n) is 5.73. The van der Waals surface area contributed by atoms with Gasteiger partial charge in [0.1, 0.15) is 5.54 Å². The van der Waals surface area contributed by atoms with Gasteiger partial charge >= 0.3 is 12.0 Å². The van der Waals surface area contributed by atoms with Gasteiger partial charge in [-0.05, 0) is 39.8 Å². The Morgan fingerprint density at radius 2 is 1.95 bits per heavy atom. The Hall–Kier alpha value is -1.30. The highest BCUT2D eigenvalue weighted by atomic mass is 16.4. The molecule has 1 atom stereocenters. The molecule has 0 aromatic carbocycles. The third-order valence-corrected chi connectivity index (χ3v) is 4.38. The van der Waals surface area contributed by atoms with Gasteiger partial charge in [-0.3, -0.25) is 0 Å². The normalized spacial score (nSPS) is 20.1. The molecule has 1 aliphatic rings. The first kappa shape index (κ1) is 16.8. The third-order valence-electron chi connectivity index (χ3n) is 4.38. The first-order chi connectivity index (χ1) is 9.36. The van der Waals surface area contributed by atoms with E-state index in [2.05, 4.69) is 10.2 Å². The summed E-state index contributed by atoms with van der Waals surface area (Å²) >= 11 is 0. The molecule has 20 heavy (non-hydrogen) atoms. The number of carboxylic acids is 1. The highest BCUT2D eigenvalue weighted by Gasteiger charge is 2.38. The molecule has 1 unspecified atom stereocenters. The predicted octanol–water partition coefficient (Wildman–Crippen LogP) is 1.37. The van der Waals surface area contributed by atoms with Crippen LogP contribution in [0, 0.1) is 0 Å². The van der Waals surface area contributed by atoms with Crippen LogP contribution in [0.15, 0.2) is 0 Å². The number of rotatable bonds is 5. The molecule has 0 bridgehead atoms. The molecular formula is C14H27N3O3. The molecule has 1 aliphatic heterocycles. The first-order valence-electron chi connectivity index (χ1n) is 7.33. The number of hydrogen-bond acceptors (Lipinski definition) is 3. The van der Waals surface area contributed by atoms with Crippen molar-refractivity contribution in [2.75, 3.05) is 27.2 Å². The number of aliphatic carboxylic acids is 1. The zero-order valence-corrected chi connectivity index (χ0v) is 13.0. The van der Waals surface area contributed by atoms with E-state index in [-0.39, 0.29) is 6.03 Å². The van der Waals surface area contributed by atoms with Crippen molar-refractivity contribution in [3.8, 4) is 0 Å². The maximum atomic E-state index is 12.3. The van der Waals surface area contributed by atoms with Crippen molar-refractivity contribution in [1.29, 1.82) is 0 Å². The average molecular weight is 285 g/mol. The lowest BCUT2D eigenvalue weighted by Crippen LogP contribution is -2.59. The van der Waals surface area contributed by atoms with Crippen LogP contribution in [0.5, 0.6) is 0 Å². The second kappa shape index (κ2) is 6.92. The van der Waals surface area contributed by atoms with Gasteiger partial charge in [0, 0.05) is 19.1 Å². The quantitative estimate of drug-likeness (QED) is 0.800. The van der Waals surface area contributed by atoms with Crippen molar-refractivity contribution in [1.82, 2.24) is 15.1 Å². The summed E-state index contributed by atoms with van der Waals surface area (Å²) < 4.78 is 0. The maximum Gasteiger partial charge on any atom is 0.329 e. The highest BCUT2D eigenvalue weighted by Crippen LogP contribution is 2.18. The molecule has 0 radical (unpaired) electrons. The zero-order chi connectivity index (χ0) is 15.3. The lowest BCUT2D eigenvalue weighted by Gasteiger charge is -2.38. The smallest absolute Gasteiger partial charge is 0.329 e. The predicted molar refractivity (Wildman–Crippen MR) is 77.8 cm³/mol. The molecule has 2 N–H and O–H groups in total. The third kappa shape index (κ3) is 3.62. The Morgan fingerprint density at radius 1 is 1.35 bits per heavy atom. The van der Waals surface area contributed by atoms with Crippen molar-refractivity contribution in [2.45, 2.75) is 51.1 Å². The van der Waals surface area contributed by atoms with E-state index in [0.717, 1.165) is 12.8 Å². The summed E-state index contributed by atoms with van der Waals surface area (Å²) in [6.07, 6.45) is 2.79. The van der Waals surface area contributed by atoms with E-state index in [1.165, 1.54) is 0 Å². The van der Waals surface area contributed by atoms with Gasteiger partial charge in [-0.15, -0.1) is 0 Å². The van der Waals surface area contributed by atoms with Crippen LogP contribution < -0.4 is 5.32 Å². The van der Waals surface area contributed by atoms with E-state index in [1.54, 1.807) is 18.7 Å². The van der Waals surface area contributed by atoms with Crippen LogP contribution >= 0.6 is 0 Å². The number of likely N-dealkylation sites (N-methyl/N-ethyl adjacent to an activating group) is 1. The van der Waals surface area contributed by atoms with Gasteiger partial charge < -0.3 is 20.2 Å². The van der Waals surface area contributed by atoms with Gasteiger partial charge in [0.2, 0.25) is 0 Å². The van der Waals surface area contributed by atoms with Gasteiger partial charge in [0.05, 0.1) is 0 Å². The second-order valence-corrected chi connectivity index (χ2v) is 5.73. The molecule has 6 heteroatoms. The first-order valence-corrected chi connectivity index (χ1v) is 7.33. The molecule has 116 valence electrons. The number of carbonyl (C=O) groups excluding carboxylic acids is 1. The van der Waals surface area contributed by atoms with E-state index in [9.17, 15) is 14.7 Å². The van der Waals surface area contributed by atoms with E-state index in [0.29, 0.717) is 32.0 Å². The molecule has 1 fully saturated rings. The topological polar surface area (TPSA) is 72.9 Å². The summed E-state index contributed by atoms with van der Waals surface area (Å²) in [7, 11) is 4.01. The molecule has 0 aromatic rings. The van der Waals surface area contributed by atoms with Gasteiger partial charge in [0.25, 0.3) is 0 Å². The lowest BCUT2D eigenvalue weighted by molar-refractivity contribution is -0.144. The molecule has 1 saturated heterocycles.